The van der Waals surface area contributed by atoms with Gasteiger partial charge in [0, 0.05) is 37.0 Å². The Balaban J connectivity index is 1.26. The molecule has 0 bridgehead atoms. The molecule has 1 fully saturated rings. The number of hydrogen-bond donors (Lipinski definition) is 2. The van der Waals surface area contributed by atoms with Gasteiger partial charge in [0.15, 0.2) is 6.61 Å². The Labute approximate surface area is 220 Å². The van der Waals surface area contributed by atoms with Crippen LogP contribution >= 0.6 is 0 Å². The molecule has 38 heavy (non-hydrogen) atoms. The van der Waals surface area contributed by atoms with Crippen LogP contribution in [0.25, 0.3) is 0 Å². The first-order valence-corrected chi connectivity index (χ1v) is 12.2. The topological polar surface area (TPSA) is 114 Å². The number of aryl methyl sites for hydroxylation is 2. The number of rotatable bonds is 8. The molecule has 0 aliphatic carbocycles. The van der Waals surface area contributed by atoms with Crippen molar-refractivity contribution in [2.24, 2.45) is 5.92 Å². The maximum atomic E-state index is 12.6. The summed E-state index contributed by atoms with van der Waals surface area (Å²) in [6.45, 7) is 5.16. The fraction of sp³-hybridized carbons (Fsp3) is 0.241. The van der Waals surface area contributed by atoms with Crippen LogP contribution in [0.5, 0.6) is 11.5 Å². The summed E-state index contributed by atoms with van der Waals surface area (Å²) >= 11 is 0. The zero-order valence-corrected chi connectivity index (χ0v) is 21.4. The van der Waals surface area contributed by atoms with Gasteiger partial charge in [0.25, 0.3) is 5.91 Å². The van der Waals surface area contributed by atoms with Crippen molar-refractivity contribution in [1.29, 1.82) is 0 Å². The number of carbonyl (C=O) groups excluding carboxylic acids is 4. The Kier molecular flexibility index (Phi) is 8.06. The standard InChI is InChI=1S/C29H29N3O6/c1-18-4-11-26(14-19(18)2)38-25-12-9-24(10-13-25)32-16-21(15-28(32)35)29(36)37-17-27(34)31-23-7-5-22(6-8-23)30-20(3)33/h4-14,21H,15-17H2,1-3H3,(H,30,33)(H,31,34)/t21-/m0/s1. The van der Waals surface area contributed by atoms with E-state index in [1.54, 1.807) is 48.5 Å². The van der Waals surface area contributed by atoms with Gasteiger partial charge in [-0.25, -0.2) is 0 Å². The molecule has 1 aliphatic rings. The monoisotopic (exact) mass is 515 g/mol. The normalized spacial score (nSPS) is 14.7. The van der Waals surface area contributed by atoms with E-state index < -0.39 is 24.4 Å². The minimum absolute atomic E-state index is 0.00591. The van der Waals surface area contributed by atoms with E-state index in [-0.39, 0.29) is 24.8 Å². The predicted molar refractivity (Wildman–Crippen MR) is 143 cm³/mol. The van der Waals surface area contributed by atoms with E-state index in [0.717, 1.165) is 11.3 Å². The largest absolute Gasteiger partial charge is 0.457 e. The van der Waals surface area contributed by atoms with Crippen LogP contribution < -0.4 is 20.3 Å². The van der Waals surface area contributed by atoms with Crippen molar-refractivity contribution in [3.05, 3.63) is 77.9 Å². The summed E-state index contributed by atoms with van der Waals surface area (Å²) < 4.78 is 11.1. The summed E-state index contributed by atoms with van der Waals surface area (Å²) in [5.74, 6) is -0.811. The van der Waals surface area contributed by atoms with Crippen LogP contribution in [0.15, 0.2) is 66.7 Å². The number of ether oxygens (including phenoxy) is 2. The number of carbonyl (C=O) groups is 4. The molecular formula is C29H29N3O6. The van der Waals surface area contributed by atoms with Gasteiger partial charge in [-0.2, -0.15) is 0 Å². The van der Waals surface area contributed by atoms with E-state index in [1.807, 2.05) is 32.0 Å². The van der Waals surface area contributed by atoms with Gasteiger partial charge < -0.3 is 25.0 Å². The SMILES string of the molecule is CC(=O)Nc1ccc(NC(=O)COC(=O)[C@H]2CC(=O)N(c3ccc(Oc4ccc(C)c(C)c4)cc3)C2)cc1. The maximum Gasteiger partial charge on any atom is 0.311 e. The average Bonchev–Trinajstić information content (AvgIpc) is 3.28. The Morgan fingerprint density at radius 1 is 0.868 bits per heavy atom. The number of nitrogens with zero attached hydrogens (tertiary/aromatic N) is 1. The molecule has 1 heterocycles. The van der Waals surface area contributed by atoms with Crippen LogP contribution in [0.4, 0.5) is 17.1 Å². The van der Waals surface area contributed by atoms with Crippen molar-refractivity contribution in [3.8, 4) is 11.5 Å². The highest BCUT2D eigenvalue weighted by Gasteiger charge is 2.36. The first-order chi connectivity index (χ1) is 18.2. The molecule has 9 nitrogen and oxygen atoms in total. The smallest absolute Gasteiger partial charge is 0.311 e. The van der Waals surface area contributed by atoms with Crippen molar-refractivity contribution in [2.75, 3.05) is 28.7 Å². The predicted octanol–water partition coefficient (Wildman–Crippen LogP) is 4.59. The van der Waals surface area contributed by atoms with Crippen LogP contribution in [0.2, 0.25) is 0 Å². The number of hydrogen-bond acceptors (Lipinski definition) is 6. The second-order valence-corrected chi connectivity index (χ2v) is 9.16. The van der Waals surface area contributed by atoms with Crippen molar-refractivity contribution >= 4 is 40.8 Å². The fourth-order valence-corrected chi connectivity index (χ4v) is 4.01. The highest BCUT2D eigenvalue weighted by molar-refractivity contribution is 6.00. The third-order valence-electron chi connectivity index (χ3n) is 6.16. The number of benzene rings is 3. The van der Waals surface area contributed by atoms with Crippen molar-refractivity contribution in [1.82, 2.24) is 0 Å². The van der Waals surface area contributed by atoms with Crippen LogP contribution in [0, 0.1) is 19.8 Å². The first-order valence-electron chi connectivity index (χ1n) is 12.2. The molecule has 0 unspecified atom stereocenters. The van der Waals surface area contributed by atoms with Gasteiger partial charge in [0.05, 0.1) is 5.92 Å². The van der Waals surface area contributed by atoms with Gasteiger partial charge in [-0.05, 0) is 85.6 Å². The third kappa shape index (κ3) is 6.76. The van der Waals surface area contributed by atoms with Crippen LogP contribution in [0.3, 0.4) is 0 Å². The van der Waals surface area contributed by atoms with E-state index in [0.29, 0.717) is 22.8 Å². The summed E-state index contributed by atoms with van der Waals surface area (Å²) in [7, 11) is 0. The van der Waals surface area contributed by atoms with Crippen molar-refractivity contribution in [2.45, 2.75) is 27.2 Å². The Hall–Kier alpha value is -4.66. The third-order valence-corrected chi connectivity index (χ3v) is 6.16. The average molecular weight is 516 g/mol. The molecule has 3 aromatic rings. The van der Waals surface area contributed by atoms with E-state index in [2.05, 4.69) is 10.6 Å². The molecule has 9 heteroatoms. The number of anilines is 3. The van der Waals surface area contributed by atoms with Crippen LogP contribution in [-0.4, -0.2) is 36.8 Å². The van der Waals surface area contributed by atoms with Gasteiger partial charge in [-0.3, -0.25) is 19.2 Å². The summed E-state index contributed by atoms with van der Waals surface area (Å²) in [5, 5.41) is 5.25. The van der Waals surface area contributed by atoms with E-state index in [1.165, 1.54) is 17.4 Å². The molecular weight excluding hydrogens is 486 g/mol. The summed E-state index contributed by atoms with van der Waals surface area (Å²) in [6, 6.07) is 19.5. The molecule has 3 aromatic carbocycles. The lowest BCUT2D eigenvalue weighted by atomic mass is 10.1. The van der Waals surface area contributed by atoms with E-state index in [4.69, 9.17) is 9.47 Å². The quantitative estimate of drug-likeness (QED) is 0.424. The maximum absolute atomic E-state index is 12.6. The second-order valence-electron chi connectivity index (χ2n) is 9.16. The zero-order valence-electron chi connectivity index (χ0n) is 21.4. The number of esters is 1. The Bertz CT molecular complexity index is 1350. The molecule has 0 saturated carbocycles. The Morgan fingerprint density at radius 3 is 2.13 bits per heavy atom. The van der Waals surface area contributed by atoms with E-state index in [9.17, 15) is 19.2 Å². The highest BCUT2D eigenvalue weighted by Crippen LogP contribution is 2.29. The first kappa shape index (κ1) is 26.4. The molecule has 0 radical (unpaired) electrons. The fourth-order valence-electron chi connectivity index (χ4n) is 4.01. The number of nitrogens with one attached hydrogen (secondary N) is 2. The molecule has 196 valence electrons. The molecule has 0 spiro atoms. The van der Waals surface area contributed by atoms with Gasteiger partial charge >= 0.3 is 5.97 Å². The summed E-state index contributed by atoms with van der Waals surface area (Å²) in [4.78, 5) is 49.9. The minimum Gasteiger partial charge on any atom is -0.457 e. The van der Waals surface area contributed by atoms with E-state index >= 15 is 0 Å². The van der Waals surface area contributed by atoms with Gasteiger partial charge in [0.2, 0.25) is 11.8 Å². The lowest BCUT2D eigenvalue weighted by Crippen LogP contribution is -2.28. The summed E-state index contributed by atoms with van der Waals surface area (Å²) in [6.07, 6.45) is 0.00591. The van der Waals surface area contributed by atoms with Gasteiger partial charge in [-0.15, -0.1) is 0 Å². The molecule has 1 aliphatic heterocycles. The van der Waals surface area contributed by atoms with Gasteiger partial charge in [0.1, 0.15) is 11.5 Å². The lowest BCUT2D eigenvalue weighted by Gasteiger charge is -2.17. The van der Waals surface area contributed by atoms with Crippen molar-refractivity contribution in [3.63, 3.8) is 0 Å². The molecule has 2 N–H and O–H groups in total. The summed E-state index contributed by atoms with van der Waals surface area (Å²) in [5.41, 5.74) is 4.06. The number of amides is 3. The molecule has 0 aromatic heterocycles. The molecule has 1 saturated heterocycles. The Morgan fingerprint density at radius 2 is 1.50 bits per heavy atom. The van der Waals surface area contributed by atoms with Gasteiger partial charge in [-0.1, -0.05) is 6.07 Å². The lowest BCUT2D eigenvalue weighted by molar-refractivity contribution is -0.151. The minimum atomic E-state index is -0.668. The highest BCUT2D eigenvalue weighted by atomic mass is 16.5. The van der Waals surface area contributed by atoms with Crippen molar-refractivity contribution < 1.29 is 28.7 Å². The van der Waals surface area contributed by atoms with Crippen LogP contribution in [0.1, 0.15) is 24.5 Å². The second kappa shape index (κ2) is 11.6. The zero-order chi connectivity index (χ0) is 27.2. The molecule has 4 rings (SSSR count). The molecule has 3 amide bonds. The van der Waals surface area contributed by atoms with Crippen LogP contribution in [-0.2, 0) is 23.9 Å². The molecule has 1 atom stereocenters.